The van der Waals surface area contributed by atoms with Crippen LogP contribution in [0.4, 0.5) is 5.69 Å². The van der Waals surface area contributed by atoms with E-state index in [9.17, 15) is 0 Å². The van der Waals surface area contributed by atoms with Gasteiger partial charge in [0.25, 0.3) is 0 Å². The third kappa shape index (κ3) is 3.57. The number of anilines is 1. The summed E-state index contributed by atoms with van der Waals surface area (Å²) >= 11 is 0. The molecule has 0 spiro atoms. The fourth-order valence-corrected chi connectivity index (χ4v) is 5.29. The second-order valence-corrected chi connectivity index (χ2v) is 9.23. The van der Waals surface area contributed by atoms with Gasteiger partial charge in [0.15, 0.2) is 0 Å². The van der Waals surface area contributed by atoms with Gasteiger partial charge in [-0.1, -0.05) is 104 Å². The molecule has 6 aromatic rings. The van der Waals surface area contributed by atoms with Crippen LogP contribution < -0.4 is 4.90 Å². The molecule has 0 saturated carbocycles. The van der Waals surface area contributed by atoms with E-state index in [1.807, 2.05) is 6.07 Å². The lowest BCUT2D eigenvalue weighted by molar-refractivity contribution is 1.20. The van der Waals surface area contributed by atoms with E-state index in [-0.39, 0.29) is 0 Å². The van der Waals surface area contributed by atoms with Gasteiger partial charge in [0.2, 0.25) is 0 Å². The average Bonchev–Trinajstić information content (AvgIpc) is 2.92. The third-order valence-electron chi connectivity index (χ3n) is 7.13. The molecule has 0 atom stereocenters. The van der Waals surface area contributed by atoms with E-state index in [1.165, 1.54) is 54.7 Å². The van der Waals surface area contributed by atoms with Crippen molar-refractivity contribution in [2.24, 2.45) is 0 Å². The van der Waals surface area contributed by atoms with Crippen LogP contribution in [0.3, 0.4) is 0 Å². The maximum absolute atomic E-state index is 4.35. The molecule has 6 aromatic carbocycles. The predicted octanol–water partition coefficient (Wildman–Crippen LogP) is 9.23. The van der Waals surface area contributed by atoms with Crippen LogP contribution in [0.2, 0.25) is 0 Å². The second-order valence-electron chi connectivity index (χ2n) is 9.23. The average molecular weight is 450 g/mol. The van der Waals surface area contributed by atoms with Crippen molar-refractivity contribution >= 4 is 43.7 Å². The topological polar surface area (TPSA) is 3.24 Å². The largest absolute Gasteiger partial charge is 0.344 e. The predicted molar refractivity (Wildman–Crippen MR) is 153 cm³/mol. The van der Waals surface area contributed by atoms with E-state index in [0.29, 0.717) is 0 Å². The minimum atomic E-state index is 0.990. The second kappa shape index (κ2) is 8.45. The zero-order chi connectivity index (χ0) is 23.9. The zero-order valence-electron chi connectivity index (χ0n) is 20.1. The quantitative estimate of drug-likeness (QED) is 0.242. The Morgan fingerprint density at radius 1 is 0.629 bits per heavy atom. The molecule has 6 rings (SSSR count). The van der Waals surface area contributed by atoms with Crippen LogP contribution in [0, 0.1) is 6.92 Å². The summed E-state index contributed by atoms with van der Waals surface area (Å²) in [6.45, 7) is 6.53. The minimum absolute atomic E-state index is 0.990. The summed E-state index contributed by atoms with van der Waals surface area (Å²) in [7, 11) is 2.09. The lowest BCUT2D eigenvalue weighted by atomic mass is 9.90. The fraction of sp³-hybridized carbons (Fsp3) is 0.0588. The first-order valence-corrected chi connectivity index (χ1v) is 12.0. The van der Waals surface area contributed by atoms with Gasteiger partial charge in [-0.3, -0.25) is 0 Å². The number of hydrogen-bond acceptors (Lipinski definition) is 1. The zero-order valence-corrected chi connectivity index (χ0v) is 20.1. The fourth-order valence-electron chi connectivity index (χ4n) is 5.29. The van der Waals surface area contributed by atoms with Crippen LogP contribution in [-0.2, 0) is 0 Å². The molecule has 35 heavy (non-hydrogen) atoms. The normalized spacial score (nSPS) is 11.3. The Morgan fingerprint density at radius 2 is 1.29 bits per heavy atom. The molecule has 0 saturated heterocycles. The molecule has 0 N–H and O–H groups in total. The van der Waals surface area contributed by atoms with Gasteiger partial charge in [-0.2, -0.15) is 0 Å². The molecular formula is C34H27N. The Morgan fingerprint density at radius 3 is 2.06 bits per heavy atom. The molecule has 0 amide bonds. The van der Waals surface area contributed by atoms with Crippen LogP contribution in [0.5, 0.6) is 0 Å². The van der Waals surface area contributed by atoms with Gasteiger partial charge in [0.05, 0.1) is 0 Å². The highest BCUT2D eigenvalue weighted by Gasteiger charge is 2.14. The first-order chi connectivity index (χ1) is 17.1. The Labute approximate surface area is 206 Å². The summed E-state index contributed by atoms with van der Waals surface area (Å²) in [4.78, 5) is 2.18. The molecule has 0 bridgehead atoms. The summed E-state index contributed by atoms with van der Waals surface area (Å²) in [5.74, 6) is 0. The van der Waals surface area contributed by atoms with E-state index in [2.05, 4.69) is 135 Å². The lowest BCUT2D eigenvalue weighted by Gasteiger charge is -2.24. The van der Waals surface area contributed by atoms with Crippen LogP contribution in [0.25, 0.3) is 49.1 Å². The smallest absolute Gasteiger partial charge is 0.0438 e. The first kappa shape index (κ1) is 21.2. The first-order valence-electron chi connectivity index (χ1n) is 12.0. The van der Waals surface area contributed by atoms with Crippen molar-refractivity contribution in [3.63, 3.8) is 0 Å². The molecule has 0 fully saturated rings. The van der Waals surface area contributed by atoms with E-state index < -0.39 is 0 Å². The molecule has 0 aliphatic rings. The van der Waals surface area contributed by atoms with Gasteiger partial charge in [0.1, 0.15) is 0 Å². The SMILES string of the molecule is C=C(c1ccccc1)N(C)c1ccc(-c2cc3ccc4ccccc4c3c3ccccc23)cc1C. The van der Waals surface area contributed by atoms with Gasteiger partial charge in [-0.25, -0.2) is 0 Å². The van der Waals surface area contributed by atoms with Crippen LogP contribution in [0.15, 0.2) is 122 Å². The molecule has 0 unspecified atom stereocenters. The summed E-state index contributed by atoms with van der Waals surface area (Å²) in [5, 5.41) is 7.77. The van der Waals surface area contributed by atoms with E-state index in [1.54, 1.807) is 0 Å². The highest BCUT2D eigenvalue weighted by atomic mass is 15.1. The van der Waals surface area contributed by atoms with Crippen LogP contribution in [-0.4, -0.2) is 7.05 Å². The summed E-state index contributed by atoms with van der Waals surface area (Å²) in [6.07, 6.45) is 0. The van der Waals surface area contributed by atoms with E-state index >= 15 is 0 Å². The highest BCUT2D eigenvalue weighted by molar-refractivity contribution is 6.23. The number of benzene rings is 6. The number of nitrogens with zero attached hydrogens (tertiary/aromatic N) is 1. The summed E-state index contributed by atoms with van der Waals surface area (Å²) in [5.41, 5.74) is 7.01. The van der Waals surface area contributed by atoms with Gasteiger partial charge in [-0.05, 0) is 79.7 Å². The Hall–Kier alpha value is -4.36. The Kier molecular flexibility index (Phi) is 5.12. The molecule has 1 nitrogen and oxygen atoms in total. The van der Waals surface area contributed by atoms with Crippen molar-refractivity contribution in [1.82, 2.24) is 0 Å². The lowest BCUT2D eigenvalue weighted by Crippen LogP contribution is -2.15. The van der Waals surface area contributed by atoms with E-state index in [0.717, 1.165) is 11.3 Å². The van der Waals surface area contributed by atoms with Gasteiger partial charge < -0.3 is 4.90 Å². The minimum Gasteiger partial charge on any atom is -0.344 e. The maximum atomic E-state index is 4.35. The monoisotopic (exact) mass is 449 g/mol. The molecule has 1 heteroatoms. The van der Waals surface area contributed by atoms with E-state index in [4.69, 9.17) is 0 Å². The number of fused-ring (bicyclic) bond motifs is 5. The highest BCUT2D eigenvalue weighted by Crippen LogP contribution is 2.39. The molecule has 168 valence electrons. The van der Waals surface area contributed by atoms with Crippen molar-refractivity contribution in [2.45, 2.75) is 6.92 Å². The number of rotatable bonds is 4. The van der Waals surface area contributed by atoms with Crippen LogP contribution in [0.1, 0.15) is 11.1 Å². The van der Waals surface area contributed by atoms with Gasteiger partial charge in [0, 0.05) is 18.4 Å². The molecule has 0 radical (unpaired) electrons. The number of aryl methyl sites for hydroxylation is 1. The van der Waals surface area contributed by atoms with Gasteiger partial charge >= 0.3 is 0 Å². The molecule has 0 aromatic heterocycles. The maximum Gasteiger partial charge on any atom is 0.0438 e. The van der Waals surface area contributed by atoms with Crippen molar-refractivity contribution < 1.29 is 0 Å². The van der Waals surface area contributed by atoms with Crippen molar-refractivity contribution in [2.75, 3.05) is 11.9 Å². The van der Waals surface area contributed by atoms with Crippen molar-refractivity contribution in [1.29, 1.82) is 0 Å². The Bertz CT molecular complexity index is 1730. The molecule has 0 heterocycles. The number of hydrogen-bond donors (Lipinski definition) is 0. The van der Waals surface area contributed by atoms with Gasteiger partial charge in [-0.15, -0.1) is 0 Å². The third-order valence-corrected chi connectivity index (χ3v) is 7.13. The van der Waals surface area contributed by atoms with Crippen molar-refractivity contribution in [3.05, 3.63) is 133 Å². The Balaban J connectivity index is 1.50. The van der Waals surface area contributed by atoms with Crippen LogP contribution >= 0.6 is 0 Å². The summed E-state index contributed by atoms with van der Waals surface area (Å²) in [6, 6.07) is 41.4. The molecule has 0 aliphatic carbocycles. The molecular weight excluding hydrogens is 422 g/mol. The molecule has 0 aliphatic heterocycles. The standard InChI is InChI=1S/C34H27N/c1-23-21-27(19-20-33(23)35(3)24(2)25-11-5-4-6-12-25)32-22-28-18-17-26-13-7-8-14-29(26)34(28)31-16-10-9-15-30(31)32/h4-22H,2H2,1,3H3. The summed E-state index contributed by atoms with van der Waals surface area (Å²) < 4.78 is 0. The van der Waals surface area contributed by atoms with Crippen molar-refractivity contribution in [3.8, 4) is 11.1 Å².